The third-order valence-corrected chi connectivity index (χ3v) is 4.00. The van der Waals surface area contributed by atoms with Gasteiger partial charge in [0.2, 0.25) is 0 Å². The summed E-state index contributed by atoms with van der Waals surface area (Å²) in [4.78, 5) is 2.51. The third kappa shape index (κ3) is 3.57. The Morgan fingerprint density at radius 2 is 1.79 bits per heavy atom. The summed E-state index contributed by atoms with van der Waals surface area (Å²) >= 11 is 4.26. The summed E-state index contributed by atoms with van der Waals surface area (Å²) in [5.41, 5.74) is 2.76. The first-order chi connectivity index (χ1) is 9.28. The number of methoxy groups -OCH3 is 2. The molecule has 3 nitrogen and oxygen atoms in total. The molecule has 1 aliphatic rings. The number of rotatable bonds is 6. The highest BCUT2D eigenvalue weighted by molar-refractivity contribution is 7.80. The summed E-state index contributed by atoms with van der Waals surface area (Å²) in [6.07, 6.45) is 3.51. The Kier molecular flexibility index (Phi) is 5.40. The van der Waals surface area contributed by atoms with E-state index in [0.717, 1.165) is 43.3 Å². The molecule has 0 aliphatic carbocycles. The maximum Gasteiger partial charge on any atom is 0.161 e. The van der Waals surface area contributed by atoms with E-state index in [9.17, 15) is 0 Å². The molecule has 1 aromatic rings. The second-order valence-corrected chi connectivity index (χ2v) is 5.38. The summed E-state index contributed by atoms with van der Waals surface area (Å²) in [7, 11) is 3.38. The number of benzene rings is 1. The fourth-order valence-electron chi connectivity index (χ4n) is 2.58. The van der Waals surface area contributed by atoms with E-state index in [0.29, 0.717) is 0 Å². The van der Waals surface area contributed by atoms with E-state index in [1.54, 1.807) is 14.2 Å². The molecule has 0 atom stereocenters. The summed E-state index contributed by atoms with van der Waals surface area (Å²) in [6, 6.07) is 4.25. The third-order valence-electron chi connectivity index (χ3n) is 3.68. The Bertz CT molecular complexity index is 423. The van der Waals surface area contributed by atoms with Gasteiger partial charge in [0, 0.05) is 13.1 Å². The quantitative estimate of drug-likeness (QED) is 0.640. The van der Waals surface area contributed by atoms with Gasteiger partial charge in [-0.15, -0.1) is 0 Å². The van der Waals surface area contributed by atoms with Crippen molar-refractivity contribution < 1.29 is 9.47 Å². The van der Waals surface area contributed by atoms with Gasteiger partial charge in [-0.25, -0.2) is 0 Å². The fourth-order valence-corrected chi connectivity index (χ4v) is 2.80. The standard InChI is InChI=1S/C15H23NO2S/c1-17-14-9-12-5-7-16(6-3-4-8-19)11-13(12)10-15(14)18-2/h9-10,19H,3-8,11H2,1-2H3. The normalized spacial score (nSPS) is 15.1. The Morgan fingerprint density at radius 3 is 2.42 bits per heavy atom. The van der Waals surface area contributed by atoms with Gasteiger partial charge in [-0.1, -0.05) is 0 Å². The molecule has 1 aliphatic heterocycles. The molecule has 1 heterocycles. The van der Waals surface area contributed by atoms with Crippen LogP contribution in [0.25, 0.3) is 0 Å². The second kappa shape index (κ2) is 7.06. The van der Waals surface area contributed by atoms with Crippen molar-refractivity contribution in [1.82, 2.24) is 4.90 Å². The van der Waals surface area contributed by atoms with Crippen LogP contribution in [0.5, 0.6) is 11.5 Å². The molecule has 19 heavy (non-hydrogen) atoms. The Balaban J connectivity index is 2.07. The lowest BCUT2D eigenvalue weighted by Gasteiger charge is -2.29. The number of hydrogen-bond acceptors (Lipinski definition) is 4. The number of ether oxygens (including phenoxy) is 2. The van der Waals surface area contributed by atoms with Crippen LogP contribution in [-0.4, -0.2) is 38.0 Å². The van der Waals surface area contributed by atoms with E-state index in [1.807, 2.05) is 0 Å². The van der Waals surface area contributed by atoms with Gasteiger partial charge in [0.1, 0.15) is 0 Å². The molecule has 106 valence electrons. The van der Waals surface area contributed by atoms with Crippen molar-refractivity contribution in [3.05, 3.63) is 23.3 Å². The maximum absolute atomic E-state index is 5.38. The van der Waals surface area contributed by atoms with Gasteiger partial charge >= 0.3 is 0 Å². The minimum Gasteiger partial charge on any atom is -0.493 e. The van der Waals surface area contributed by atoms with E-state index in [-0.39, 0.29) is 0 Å². The molecule has 0 bridgehead atoms. The zero-order valence-electron chi connectivity index (χ0n) is 11.8. The van der Waals surface area contributed by atoms with Crippen molar-refractivity contribution in [2.75, 3.05) is 33.1 Å². The van der Waals surface area contributed by atoms with E-state index in [4.69, 9.17) is 9.47 Å². The first kappa shape index (κ1) is 14.5. The maximum atomic E-state index is 5.38. The molecule has 0 amide bonds. The lowest BCUT2D eigenvalue weighted by Crippen LogP contribution is -2.31. The van der Waals surface area contributed by atoms with Crippen LogP contribution in [0.2, 0.25) is 0 Å². The molecule has 0 unspecified atom stereocenters. The molecule has 0 aromatic heterocycles. The van der Waals surface area contributed by atoms with Crippen LogP contribution in [0.1, 0.15) is 24.0 Å². The van der Waals surface area contributed by atoms with E-state index in [2.05, 4.69) is 29.7 Å². The van der Waals surface area contributed by atoms with E-state index < -0.39 is 0 Å². The molecular weight excluding hydrogens is 258 g/mol. The Morgan fingerprint density at radius 1 is 1.11 bits per heavy atom. The largest absolute Gasteiger partial charge is 0.493 e. The summed E-state index contributed by atoms with van der Waals surface area (Å²) in [5.74, 6) is 2.65. The predicted octanol–water partition coefficient (Wildman–Crippen LogP) is 2.77. The topological polar surface area (TPSA) is 21.7 Å². The molecule has 0 spiro atoms. The van der Waals surface area contributed by atoms with E-state index in [1.165, 1.54) is 24.0 Å². The number of fused-ring (bicyclic) bond motifs is 1. The molecule has 0 saturated heterocycles. The predicted molar refractivity (Wildman–Crippen MR) is 81.6 cm³/mol. The molecule has 2 rings (SSSR count). The highest BCUT2D eigenvalue weighted by Gasteiger charge is 2.18. The minimum absolute atomic E-state index is 0.832. The van der Waals surface area contributed by atoms with Crippen molar-refractivity contribution in [2.24, 2.45) is 0 Å². The van der Waals surface area contributed by atoms with Gasteiger partial charge in [-0.3, -0.25) is 4.90 Å². The molecular formula is C15H23NO2S. The number of hydrogen-bond donors (Lipinski definition) is 1. The van der Waals surface area contributed by atoms with Gasteiger partial charge in [-0.05, 0) is 54.8 Å². The van der Waals surface area contributed by atoms with Gasteiger partial charge in [0.25, 0.3) is 0 Å². The van der Waals surface area contributed by atoms with Crippen molar-refractivity contribution >= 4 is 12.6 Å². The van der Waals surface area contributed by atoms with Crippen LogP contribution >= 0.6 is 12.6 Å². The van der Waals surface area contributed by atoms with Gasteiger partial charge in [0.15, 0.2) is 11.5 Å². The summed E-state index contributed by atoms with van der Waals surface area (Å²) in [6.45, 7) is 3.31. The SMILES string of the molecule is COc1cc2c(cc1OC)CN(CCCCS)CC2. The molecule has 0 fully saturated rings. The lowest BCUT2D eigenvalue weighted by atomic mass is 9.98. The van der Waals surface area contributed by atoms with Crippen LogP contribution in [0.3, 0.4) is 0 Å². The average molecular weight is 281 g/mol. The van der Waals surface area contributed by atoms with Crippen LogP contribution in [0.4, 0.5) is 0 Å². The first-order valence-electron chi connectivity index (χ1n) is 6.85. The van der Waals surface area contributed by atoms with Crippen LogP contribution < -0.4 is 9.47 Å². The van der Waals surface area contributed by atoms with Crippen LogP contribution in [0.15, 0.2) is 12.1 Å². The lowest BCUT2D eigenvalue weighted by molar-refractivity contribution is 0.249. The monoisotopic (exact) mass is 281 g/mol. The second-order valence-electron chi connectivity index (χ2n) is 4.93. The molecule has 0 radical (unpaired) electrons. The smallest absolute Gasteiger partial charge is 0.161 e. The van der Waals surface area contributed by atoms with Crippen LogP contribution in [-0.2, 0) is 13.0 Å². The highest BCUT2D eigenvalue weighted by atomic mass is 32.1. The van der Waals surface area contributed by atoms with E-state index >= 15 is 0 Å². The van der Waals surface area contributed by atoms with Gasteiger partial charge in [0.05, 0.1) is 14.2 Å². The van der Waals surface area contributed by atoms with Gasteiger partial charge in [-0.2, -0.15) is 12.6 Å². The first-order valence-corrected chi connectivity index (χ1v) is 7.48. The van der Waals surface area contributed by atoms with Crippen molar-refractivity contribution in [3.8, 4) is 11.5 Å². The molecule has 4 heteroatoms. The zero-order chi connectivity index (χ0) is 13.7. The summed E-state index contributed by atoms with van der Waals surface area (Å²) < 4.78 is 10.7. The number of thiol groups is 1. The fraction of sp³-hybridized carbons (Fsp3) is 0.600. The molecule has 1 aromatic carbocycles. The highest BCUT2D eigenvalue weighted by Crippen LogP contribution is 2.33. The molecule has 0 saturated carbocycles. The Labute approximate surface area is 121 Å². The number of nitrogens with zero attached hydrogens (tertiary/aromatic N) is 1. The number of unbranched alkanes of at least 4 members (excludes halogenated alkanes) is 1. The summed E-state index contributed by atoms with van der Waals surface area (Å²) in [5, 5.41) is 0. The molecule has 0 N–H and O–H groups in total. The van der Waals surface area contributed by atoms with Crippen molar-refractivity contribution in [1.29, 1.82) is 0 Å². The zero-order valence-corrected chi connectivity index (χ0v) is 12.7. The Hall–Kier alpha value is -0.870. The minimum atomic E-state index is 0.832. The van der Waals surface area contributed by atoms with Crippen LogP contribution in [0, 0.1) is 0 Å². The van der Waals surface area contributed by atoms with Crippen molar-refractivity contribution in [3.63, 3.8) is 0 Å². The van der Waals surface area contributed by atoms with Crippen molar-refractivity contribution in [2.45, 2.75) is 25.8 Å². The average Bonchev–Trinajstić information content (AvgIpc) is 2.46. The van der Waals surface area contributed by atoms with Gasteiger partial charge < -0.3 is 9.47 Å².